The summed E-state index contributed by atoms with van der Waals surface area (Å²) < 4.78 is 6.12. The first-order valence-corrected chi connectivity index (χ1v) is 20.5. The molecule has 60 heavy (non-hydrogen) atoms. The van der Waals surface area contributed by atoms with E-state index in [1.165, 1.54) is 55.3 Å². The molecule has 2 nitrogen and oxygen atoms in total. The van der Waals surface area contributed by atoms with Crippen molar-refractivity contribution in [2.45, 2.75) is 0 Å². The van der Waals surface area contributed by atoms with Crippen LogP contribution in [0.5, 0.6) is 0 Å². The summed E-state index contributed by atoms with van der Waals surface area (Å²) in [6.45, 7) is 0. The molecule has 1 heterocycles. The first-order valence-electron chi connectivity index (χ1n) is 20.5. The van der Waals surface area contributed by atoms with Crippen LogP contribution in [0.15, 0.2) is 241 Å². The van der Waals surface area contributed by atoms with Crippen molar-refractivity contribution in [3.8, 4) is 55.6 Å². The molecule has 0 N–H and O–H groups in total. The number of fused-ring (bicyclic) bond motifs is 4. The molecule has 11 aromatic rings. The normalized spacial score (nSPS) is 11.3. The van der Waals surface area contributed by atoms with E-state index in [0.717, 1.165) is 50.1 Å². The van der Waals surface area contributed by atoms with Gasteiger partial charge in [-0.2, -0.15) is 0 Å². The van der Waals surface area contributed by atoms with E-state index in [1.807, 2.05) is 12.1 Å². The molecule has 10 aromatic carbocycles. The monoisotopic (exact) mass is 765 g/mol. The second-order valence-corrected chi connectivity index (χ2v) is 15.4. The molecule has 1 aromatic heterocycles. The summed E-state index contributed by atoms with van der Waals surface area (Å²) in [6, 6.07) is 85.0. The molecular weight excluding hydrogens is 727 g/mol. The van der Waals surface area contributed by atoms with E-state index in [9.17, 15) is 0 Å². The fourth-order valence-electron chi connectivity index (χ4n) is 8.54. The number of hydrogen-bond donors (Lipinski definition) is 0. The number of anilines is 3. The Morgan fingerprint density at radius 1 is 0.233 bits per heavy atom. The number of rotatable bonds is 8. The van der Waals surface area contributed by atoms with Crippen LogP contribution in [0.1, 0.15) is 0 Å². The second kappa shape index (κ2) is 15.1. The Morgan fingerprint density at radius 3 is 1.37 bits per heavy atom. The van der Waals surface area contributed by atoms with Crippen LogP contribution in [0.25, 0.3) is 88.3 Å². The van der Waals surface area contributed by atoms with Gasteiger partial charge in [-0.25, -0.2) is 0 Å². The molecule has 282 valence electrons. The van der Waals surface area contributed by atoms with Crippen LogP contribution in [0, 0.1) is 0 Å². The van der Waals surface area contributed by atoms with E-state index in [0.29, 0.717) is 0 Å². The van der Waals surface area contributed by atoms with E-state index < -0.39 is 0 Å². The molecule has 0 aliphatic heterocycles. The molecular formula is C58H39NO. The average molecular weight is 766 g/mol. The van der Waals surface area contributed by atoms with Crippen molar-refractivity contribution in [1.82, 2.24) is 0 Å². The molecule has 0 bridgehead atoms. The number of furan rings is 1. The lowest BCUT2D eigenvalue weighted by Gasteiger charge is -2.26. The van der Waals surface area contributed by atoms with Crippen LogP contribution in [-0.4, -0.2) is 0 Å². The summed E-state index contributed by atoms with van der Waals surface area (Å²) >= 11 is 0. The third-order valence-electron chi connectivity index (χ3n) is 11.6. The zero-order valence-corrected chi connectivity index (χ0v) is 32.9. The minimum atomic E-state index is 0.905. The maximum atomic E-state index is 6.12. The van der Waals surface area contributed by atoms with Crippen molar-refractivity contribution in [3.05, 3.63) is 237 Å². The highest BCUT2D eigenvalue weighted by molar-refractivity contribution is 6.06. The summed E-state index contributed by atoms with van der Waals surface area (Å²) in [4.78, 5) is 2.35. The van der Waals surface area contributed by atoms with Gasteiger partial charge in [0.25, 0.3) is 0 Å². The second-order valence-electron chi connectivity index (χ2n) is 15.4. The third-order valence-corrected chi connectivity index (χ3v) is 11.6. The van der Waals surface area contributed by atoms with Gasteiger partial charge < -0.3 is 9.32 Å². The first kappa shape index (κ1) is 35.2. The highest BCUT2D eigenvalue weighted by Crippen LogP contribution is 2.40. The lowest BCUT2D eigenvalue weighted by Crippen LogP contribution is -2.10. The third kappa shape index (κ3) is 6.70. The fraction of sp³-hybridized carbons (Fsp3) is 0. The average Bonchev–Trinajstić information content (AvgIpc) is 3.70. The molecule has 0 atom stereocenters. The molecule has 0 saturated heterocycles. The van der Waals surface area contributed by atoms with Gasteiger partial charge in [-0.15, -0.1) is 0 Å². The Labute approximate surface area is 349 Å². The molecule has 0 fully saturated rings. The Morgan fingerprint density at radius 2 is 0.683 bits per heavy atom. The van der Waals surface area contributed by atoms with Crippen LogP contribution in [0.4, 0.5) is 17.1 Å². The standard InChI is InChI=1S/C58H39NO/c1-2-11-40(12-3-1)49-19-10-20-54(38-49)59(53-32-27-43(28-33-53)51-29-34-58-56(39-51)55-21-6-7-22-57(55)60-58)52-30-25-42(26-31-52)45-15-8-16-46(35-45)47-17-9-18-48(37-47)50-24-23-41-13-4-5-14-44(41)36-50/h1-39H. The zero-order valence-electron chi connectivity index (χ0n) is 32.9. The first-order chi connectivity index (χ1) is 29.7. The van der Waals surface area contributed by atoms with E-state index in [4.69, 9.17) is 4.42 Å². The zero-order chi connectivity index (χ0) is 39.8. The highest BCUT2D eigenvalue weighted by atomic mass is 16.3. The van der Waals surface area contributed by atoms with Gasteiger partial charge in [0, 0.05) is 27.8 Å². The molecule has 2 heteroatoms. The minimum absolute atomic E-state index is 0.905. The van der Waals surface area contributed by atoms with E-state index >= 15 is 0 Å². The SMILES string of the molecule is c1ccc(-c2cccc(N(c3ccc(-c4cccc(-c5cccc(-c6ccc7ccccc7c6)c5)c4)cc3)c3ccc(-c4ccc5oc6ccccc6c5c4)cc3)c2)cc1. The topological polar surface area (TPSA) is 16.4 Å². The Hall–Kier alpha value is -7.94. The predicted octanol–water partition coefficient (Wildman–Crippen LogP) is 16.5. The summed E-state index contributed by atoms with van der Waals surface area (Å²) in [7, 11) is 0. The van der Waals surface area contributed by atoms with Crippen molar-refractivity contribution in [3.63, 3.8) is 0 Å². The largest absolute Gasteiger partial charge is 0.456 e. The van der Waals surface area contributed by atoms with Gasteiger partial charge in [-0.1, -0.05) is 164 Å². The van der Waals surface area contributed by atoms with Gasteiger partial charge in [0.1, 0.15) is 11.2 Å². The van der Waals surface area contributed by atoms with Crippen LogP contribution in [-0.2, 0) is 0 Å². The maximum absolute atomic E-state index is 6.12. The number of nitrogens with zero attached hydrogens (tertiary/aromatic N) is 1. The minimum Gasteiger partial charge on any atom is -0.456 e. The summed E-state index contributed by atoms with van der Waals surface area (Å²) in [6.07, 6.45) is 0. The van der Waals surface area contributed by atoms with Gasteiger partial charge >= 0.3 is 0 Å². The lowest BCUT2D eigenvalue weighted by molar-refractivity contribution is 0.669. The van der Waals surface area contributed by atoms with Crippen LogP contribution in [0.2, 0.25) is 0 Å². The molecule has 0 saturated carbocycles. The molecule has 0 amide bonds. The molecule has 0 aliphatic rings. The van der Waals surface area contributed by atoms with E-state index in [-0.39, 0.29) is 0 Å². The van der Waals surface area contributed by atoms with Crippen molar-refractivity contribution >= 4 is 49.8 Å². The van der Waals surface area contributed by atoms with Crippen molar-refractivity contribution in [2.75, 3.05) is 4.90 Å². The summed E-state index contributed by atoms with van der Waals surface area (Å²) in [5.74, 6) is 0. The van der Waals surface area contributed by atoms with Crippen molar-refractivity contribution in [2.24, 2.45) is 0 Å². The summed E-state index contributed by atoms with van der Waals surface area (Å²) in [5, 5.41) is 4.78. The van der Waals surface area contributed by atoms with Gasteiger partial charge in [-0.3, -0.25) is 0 Å². The smallest absolute Gasteiger partial charge is 0.135 e. The van der Waals surface area contributed by atoms with Gasteiger partial charge in [0.05, 0.1) is 0 Å². The lowest BCUT2D eigenvalue weighted by atomic mass is 9.95. The van der Waals surface area contributed by atoms with Crippen LogP contribution in [0.3, 0.4) is 0 Å². The van der Waals surface area contributed by atoms with Crippen molar-refractivity contribution in [1.29, 1.82) is 0 Å². The Bertz CT molecular complexity index is 3310. The highest BCUT2D eigenvalue weighted by Gasteiger charge is 2.16. The van der Waals surface area contributed by atoms with Gasteiger partial charge in [-0.05, 0) is 139 Å². The molecule has 0 radical (unpaired) electrons. The Kier molecular flexibility index (Phi) is 8.87. The molecule has 0 unspecified atom stereocenters. The van der Waals surface area contributed by atoms with Gasteiger partial charge in [0.2, 0.25) is 0 Å². The van der Waals surface area contributed by atoms with E-state index in [2.05, 4.69) is 229 Å². The van der Waals surface area contributed by atoms with Crippen LogP contribution >= 0.6 is 0 Å². The van der Waals surface area contributed by atoms with Crippen molar-refractivity contribution < 1.29 is 4.42 Å². The van der Waals surface area contributed by atoms with Crippen LogP contribution < -0.4 is 4.90 Å². The number of benzene rings is 10. The van der Waals surface area contributed by atoms with Gasteiger partial charge in [0.15, 0.2) is 0 Å². The molecule has 0 aliphatic carbocycles. The fourth-order valence-corrected chi connectivity index (χ4v) is 8.54. The quantitative estimate of drug-likeness (QED) is 0.153. The number of hydrogen-bond acceptors (Lipinski definition) is 2. The number of para-hydroxylation sites is 1. The maximum Gasteiger partial charge on any atom is 0.135 e. The Balaban J connectivity index is 0.929. The van der Waals surface area contributed by atoms with E-state index in [1.54, 1.807) is 0 Å². The molecule has 11 rings (SSSR count). The summed E-state index contributed by atoms with van der Waals surface area (Å²) in [5.41, 5.74) is 16.9. The molecule has 0 spiro atoms. The predicted molar refractivity (Wildman–Crippen MR) is 253 cm³/mol.